The predicted molar refractivity (Wildman–Crippen MR) is 86.7 cm³/mol. The minimum atomic E-state index is 0.517. The molecule has 1 unspecified atom stereocenters. The lowest BCUT2D eigenvalue weighted by Gasteiger charge is -2.28. The number of hydrogen-bond donors (Lipinski definition) is 1. The van der Waals surface area contributed by atoms with Gasteiger partial charge in [-0.25, -0.2) is 4.98 Å². The highest BCUT2D eigenvalue weighted by Gasteiger charge is 2.14. The highest BCUT2D eigenvalue weighted by molar-refractivity contribution is 9.10. The molecule has 1 aromatic rings. The van der Waals surface area contributed by atoms with E-state index in [1.165, 1.54) is 18.4 Å². The van der Waals surface area contributed by atoms with E-state index in [9.17, 15) is 0 Å². The Labute approximate surface area is 125 Å². The summed E-state index contributed by atoms with van der Waals surface area (Å²) < 4.78 is 1.04. The van der Waals surface area contributed by atoms with Gasteiger partial charge in [-0.1, -0.05) is 20.3 Å². The summed E-state index contributed by atoms with van der Waals surface area (Å²) in [4.78, 5) is 6.89. The van der Waals surface area contributed by atoms with E-state index in [4.69, 9.17) is 0 Å². The van der Waals surface area contributed by atoms with Crippen molar-refractivity contribution < 1.29 is 0 Å². The van der Waals surface area contributed by atoms with Crippen molar-refractivity contribution in [3.05, 3.63) is 22.3 Å². The molecule has 3 nitrogen and oxygen atoms in total. The molecule has 1 aromatic heterocycles. The summed E-state index contributed by atoms with van der Waals surface area (Å²) in [6.07, 6.45) is 5.42. The fourth-order valence-electron chi connectivity index (χ4n) is 2.14. The first-order chi connectivity index (χ1) is 9.10. The fourth-order valence-corrected chi connectivity index (χ4v) is 2.52. The quantitative estimate of drug-likeness (QED) is 0.732. The lowest BCUT2D eigenvalue weighted by atomic mass is 10.1. The van der Waals surface area contributed by atoms with Crippen LogP contribution in [0, 0.1) is 0 Å². The number of nitrogens with zero attached hydrogens (tertiary/aromatic N) is 2. The maximum Gasteiger partial charge on any atom is 0.133 e. The summed E-state index contributed by atoms with van der Waals surface area (Å²) in [7, 11) is 2.14. The number of nitrogens with one attached hydrogen (secondary N) is 1. The minimum absolute atomic E-state index is 0.517. The van der Waals surface area contributed by atoms with Gasteiger partial charge < -0.3 is 10.2 Å². The first kappa shape index (κ1) is 16.4. The first-order valence-corrected chi connectivity index (χ1v) is 7.97. The van der Waals surface area contributed by atoms with Gasteiger partial charge >= 0.3 is 0 Å². The van der Waals surface area contributed by atoms with Crippen molar-refractivity contribution in [2.24, 2.45) is 0 Å². The molecule has 1 N–H and O–H groups in total. The molecule has 0 aliphatic rings. The van der Waals surface area contributed by atoms with Crippen LogP contribution >= 0.6 is 15.9 Å². The van der Waals surface area contributed by atoms with Gasteiger partial charge in [-0.2, -0.15) is 0 Å². The molecule has 1 atom stereocenters. The molecule has 0 saturated carbocycles. The molecular formula is C15H26BrN3. The summed E-state index contributed by atoms with van der Waals surface area (Å²) in [5.41, 5.74) is 1.26. The summed E-state index contributed by atoms with van der Waals surface area (Å²) in [6.45, 7) is 8.58. The van der Waals surface area contributed by atoms with Crippen LogP contribution in [0.25, 0.3) is 0 Å². The molecule has 108 valence electrons. The summed E-state index contributed by atoms with van der Waals surface area (Å²) in [6, 6.07) is 2.68. The Morgan fingerprint density at radius 3 is 2.74 bits per heavy atom. The van der Waals surface area contributed by atoms with E-state index < -0.39 is 0 Å². The Kier molecular flexibility index (Phi) is 7.39. The molecule has 0 bridgehead atoms. The maximum atomic E-state index is 4.60. The third-order valence-electron chi connectivity index (χ3n) is 3.35. The molecule has 1 heterocycles. The van der Waals surface area contributed by atoms with Crippen LogP contribution < -0.4 is 10.2 Å². The highest BCUT2D eigenvalue weighted by Crippen LogP contribution is 2.23. The lowest BCUT2D eigenvalue weighted by molar-refractivity contribution is 0.604. The van der Waals surface area contributed by atoms with Crippen LogP contribution in [0.3, 0.4) is 0 Å². The van der Waals surface area contributed by atoms with Crippen LogP contribution in [0.15, 0.2) is 16.7 Å². The van der Waals surface area contributed by atoms with Gasteiger partial charge in [0.05, 0.1) is 0 Å². The Bertz CT molecular complexity index is 382. The number of rotatable bonds is 8. The Morgan fingerprint density at radius 1 is 1.37 bits per heavy atom. The molecule has 19 heavy (non-hydrogen) atoms. The van der Waals surface area contributed by atoms with Crippen LogP contribution in [0.4, 0.5) is 5.82 Å². The van der Waals surface area contributed by atoms with Crippen molar-refractivity contribution in [2.75, 3.05) is 18.5 Å². The molecule has 0 aliphatic heterocycles. The number of halogens is 1. The molecule has 0 spiro atoms. The van der Waals surface area contributed by atoms with Gasteiger partial charge in [-0.15, -0.1) is 0 Å². The van der Waals surface area contributed by atoms with Gasteiger partial charge in [0.25, 0.3) is 0 Å². The number of pyridine rings is 1. The average Bonchev–Trinajstić information content (AvgIpc) is 2.39. The molecule has 1 rings (SSSR count). The van der Waals surface area contributed by atoms with E-state index in [0.29, 0.717) is 6.04 Å². The molecule has 0 amide bonds. The van der Waals surface area contributed by atoms with Crippen LogP contribution in [-0.2, 0) is 6.54 Å². The second-order valence-corrected chi connectivity index (χ2v) is 5.98. The van der Waals surface area contributed by atoms with Gasteiger partial charge in [-0.05, 0) is 48.3 Å². The second kappa shape index (κ2) is 8.54. The fraction of sp³-hybridized carbons (Fsp3) is 0.667. The van der Waals surface area contributed by atoms with Crippen molar-refractivity contribution in [1.29, 1.82) is 0 Å². The van der Waals surface area contributed by atoms with Crippen LogP contribution in [0.2, 0.25) is 0 Å². The van der Waals surface area contributed by atoms with E-state index in [1.807, 2.05) is 6.20 Å². The summed E-state index contributed by atoms with van der Waals surface area (Å²) in [5, 5.41) is 3.46. The van der Waals surface area contributed by atoms with E-state index in [2.05, 4.69) is 65.0 Å². The van der Waals surface area contributed by atoms with Crippen LogP contribution in [0.1, 0.15) is 45.6 Å². The zero-order chi connectivity index (χ0) is 14.3. The van der Waals surface area contributed by atoms with Gasteiger partial charge in [0.2, 0.25) is 0 Å². The van der Waals surface area contributed by atoms with Gasteiger partial charge in [0, 0.05) is 35.9 Å². The van der Waals surface area contributed by atoms with E-state index in [0.717, 1.165) is 29.8 Å². The maximum absolute atomic E-state index is 4.60. The van der Waals surface area contributed by atoms with Crippen molar-refractivity contribution in [3.63, 3.8) is 0 Å². The first-order valence-electron chi connectivity index (χ1n) is 7.18. The topological polar surface area (TPSA) is 28.2 Å². The molecule has 0 aliphatic carbocycles. The van der Waals surface area contributed by atoms with Crippen LogP contribution in [-0.4, -0.2) is 24.6 Å². The van der Waals surface area contributed by atoms with E-state index in [-0.39, 0.29) is 0 Å². The Balaban J connectivity index is 2.85. The molecule has 0 aromatic carbocycles. The standard InChI is InChI=1S/C15H26BrN3/c1-5-7-12(3)19(4)15-13(10-17-8-6-2)9-14(16)11-18-15/h9,11-12,17H,5-8,10H2,1-4H3. The third-order valence-corrected chi connectivity index (χ3v) is 3.79. The molecule has 0 saturated heterocycles. The SMILES string of the molecule is CCCNCc1cc(Br)cnc1N(C)C(C)CCC. The van der Waals surface area contributed by atoms with Crippen molar-refractivity contribution in [1.82, 2.24) is 10.3 Å². The zero-order valence-corrected chi connectivity index (χ0v) is 14.1. The molecule has 4 heteroatoms. The molecule has 0 fully saturated rings. The van der Waals surface area contributed by atoms with Gasteiger partial charge in [0.1, 0.15) is 5.82 Å². The van der Waals surface area contributed by atoms with Gasteiger partial charge in [0.15, 0.2) is 0 Å². The van der Waals surface area contributed by atoms with Crippen molar-refractivity contribution in [2.45, 2.75) is 52.6 Å². The average molecular weight is 328 g/mol. The third kappa shape index (κ3) is 5.11. The zero-order valence-electron chi connectivity index (χ0n) is 12.5. The normalized spacial score (nSPS) is 12.5. The number of hydrogen-bond acceptors (Lipinski definition) is 3. The Hall–Kier alpha value is -0.610. The minimum Gasteiger partial charge on any atom is -0.357 e. The number of aromatic nitrogens is 1. The number of anilines is 1. The summed E-state index contributed by atoms with van der Waals surface area (Å²) >= 11 is 3.51. The monoisotopic (exact) mass is 327 g/mol. The molecular weight excluding hydrogens is 302 g/mol. The summed E-state index contributed by atoms with van der Waals surface area (Å²) in [5.74, 6) is 1.09. The van der Waals surface area contributed by atoms with Crippen molar-refractivity contribution >= 4 is 21.7 Å². The highest BCUT2D eigenvalue weighted by atomic mass is 79.9. The second-order valence-electron chi connectivity index (χ2n) is 5.06. The smallest absolute Gasteiger partial charge is 0.133 e. The molecule has 0 radical (unpaired) electrons. The van der Waals surface area contributed by atoms with Crippen molar-refractivity contribution in [3.8, 4) is 0 Å². The Morgan fingerprint density at radius 2 is 2.11 bits per heavy atom. The lowest BCUT2D eigenvalue weighted by Crippen LogP contribution is -2.31. The van der Waals surface area contributed by atoms with Gasteiger partial charge in [-0.3, -0.25) is 0 Å². The van der Waals surface area contributed by atoms with Crippen LogP contribution in [0.5, 0.6) is 0 Å². The van der Waals surface area contributed by atoms with E-state index >= 15 is 0 Å². The van der Waals surface area contributed by atoms with E-state index in [1.54, 1.807) is 0 Å². The predicted octanol–water partition coefficient (Wildman–Crippen LogP) is 3.97. The largest absolute Gasteiger partial charge is 0.357 e.